The minimum absolute atomic E-state index is 0.110. The fourth-order valence-corrected chi connectivity index (χ4v) is 4.49. The molecular weight excluding hydrogens is 342 g/mol. The summed E-state index contributed by atoms with van der Waals surface area (Å²) in [4.78, 5) is 29.0. The van der Waals surface area contributed by atoms with E-state index in [1.165, 1.54) is 0 Å². The molecule has 2 saturated heterocycles. The first-order valence-corrected chi connectivity index (χ1v) is 10.8. The minimum atomic E-state index is -0.178. The Morgan fingerprint density at radius 3 is 2.37 bits per heavy atom. The number of carbonyl (C=O) groups excluding carboxylic acids is 2. The predicted molar refractivity (Wildman–Crippen MR) is 108 cm³/mol. The summed E-state index contributed by atoms with van der Waals surface area (Å²) in [6.45, 7) is 12.2. The number of likely N-dealkylation sites (tertiary alicyclic amines) is 2. The highest BCUT2D eigenvalue weighted by molar-refractivity contribution is 5.79. The van der Waals surface area contributed by atoms with Gasteiger partial charge in [0.1, 0.15) is 0 Å². The van der Waals surface area contributed by atoms with Crippen molar-refractivity contribution < 1.29 is 14.3 Å². The van der Waals surface area contributed by atoms with E-state index in [4.69, 9.17) is 4.74 Å². The van der Waals surface area contributed by atoms with Crippen molar-refractivity contribution in [2.24, 2.45) is 5.92 Å². The third-order valence-corrected chi connectivity index (χ3v) is 5.98. The average molecular weight is 382 g/mol. The van der Waals surface area contributed by atoms with Gasteiger partial charge in [-0.15, -0.1) is 0 Å². The quantitative estimate of drug-likeness (QED) is 0.766. The van der Waals surface area contributed by atoms with Crippen LogP contribution < -0.4 is 5.32 Å². The SMILES string of the molecule is CCCC(C)(C)NC(=O)C1CCN(C2CCCN(C(=O)OCC)CC2)CC1. The topological polar surface area (TPSA) is 61.9 Å². The lowest BCUT2D eigenvalue weighted by Gasteiger charge is -2.38. The molecule has 27 heavy (non-hydrogen) atoms. The number of amides is 2. The number of hydrogen-bond acceptors (Lipinski definition) is 4. The molecule has 2 rings (SSSR count). The van der Waals surface area contributed by atoms with Gasteiger partial charge in [0.15, 0.2) is 0 Å². The van der Waals surface area contributed by atoms with Crippen molar-refractivity contribution in [2.45, 2.75) is 84.2 Å². The van der Waals surface area contributed by atoms with Crippen molar-refractivity contribution >= 4 is 12.0 Å². The molecule has 2 aliphatic rings. The van der Waals surface area contributed by atoms with E-state index in [1.54, 1.807) is 0 Å². The van der Waals surface area contributed by atoms with Gasteiger partial charge in [-0.05, 0) is 72.4 Å². The highest BCUT2D eigenvalue weighted by Crippen LogP contribution is 2.25. The van der Waals surface area contributed by atoms with Gasteiger partial charge in [-0.1, -0.05) is 13.3 Å². The number of rotatable bonds is 6. The Hall–Kier alpha value is -1.30. The molecule has 1 atom stereocenters. The van der Waals surface area contributed by atoms with E-state index >= 15 is 0 Å². The molecule has 0 aliphatic carbocycles. The maximum atomic E-state index is 12.6. The van der Waals surface area contributed by atoms with Crippen LogP contribution in [0.4, 0.5) is 4.79 Å². The van der Waals surface area contributed by atoms with E-state index in [0.29, 0.717) is 12.6 Å². The van der Waals surface area contributed by atoms with Gasteiger partial charge in [0.05, 0.1) is 6.61 Å². The average Bonchev–Trinajstić information content (AvgIpc) is 2.88. The molecule has 6 nitrogen and oxygen atoms in total. The summed E-state index contributed by atoms with van der Waals surface area (Å²) in [7, 11) is 0. The molecule has 156 valence electrons. The maximum Gasteiger partial charge on any atom is 0.409 e. The van der Waals surface area contributed by atoms with Crippen LogP contribution in [0.25, 0.3) is 0 Å². The molecule has 0 bridgehead atoms. The Bertz CT molecular complexity index is 487. The van der Waals surface area contributed by atoms with Gasteiger partial charge in [0.25, 0.3) is 0 Å². The van der Waals surface area contributed by atoms with Crippen LogP contribution in [0.15, 0.2) is 0 Å². The van der Waals surface area contributed by atoms with Gasteiger partial charge in [-0.25, -0.2) is 4.79 Å². The normalized spacial score (nSPS) is 23.0. The highest BCUT2D eigenvalue weighted by Gasteiger charge is 2.32. The minimum Gasteiger partial charge on any atom is -0.450 e. The molecule has 0 spiro atoms. The molecule has 0 saturated carbocycles. The van der Waals surface area contributed by atoms with Gasteiger partial charge in [0, 0.05) is 30.6 Å². The van der Waals surface area contributed by atoms with Crippen LogP contribution in [0.5, 0.6) is 0 Å². The first kappa shape index (κ1) is 22.0. The zero-order valence-electron chi connectivity index (χ0n) is 17.8. The fraction of sp³-hybridized carbons (Fsp3) is 0.905. The summed E-state index contributed by atoms with van der Waals surface area (Å²) in [6.07, 6.45) is 6.93. The molecule has 0 aromatic carbocycles. The van der Waals surface area contributed by atoms with Gasteiger partial charge in [0.2, 0.25) is 5.91 Å². The lowest BCUT2D eigenvalue weighted by atomic mass is 9.91. The summed E-state index contributed by atoms with van der Waals surface area (Å²) in [5, 5.41) is 3.25. The Kier molecular flexibility index (Phi) is 8.39. The van der Waals surface area contributed by atoms with Crippen molar-refractivity contribution in [1.29, 1.82) is 0 Å². The molecule has 1 unspecified atom stereocenters. The molecule has 2 heterocycles. The summed E-state index contributed by atoms with van der Waals surface area (Å²) in [6, 6.07) is 0.518. The van der Waals surface area contributed by atoms with Crippen LogP contribution in [0, 0.1) is 5.92 Å². The van der Waals surface area contributed by atoms with Gasteiger partial charge < -0.3 is 19.9 Å². The number of carbonyl (C=O) groups is 2. The van der Waals surface area contributed by atoms with Crippen LogP contribution in [-0.2, 0) is 9.53 Å². The maximum absolute atomic E-state index is 12.6. The number of nitrogens with one attached hydrogen (secondary N) is 1. The van der Waals surface area contributed by atoms with Crippen LogP contribution in [0.3, 0.4) is 0 Å². The molecule has 2 amide bonds. The summed E-state index contributed by atoms with van der Waals surface area (Å²) in [5.41, 5.74) is -0.110. The second-order valence-electron chi connectivity index (χ2n) is 8.70. The molecule has 0 radical (unpaired) electrons. The Balaban J connectivity index is 1.78. The zero-order valence-corrected chi connectivity index (χ0v) is 17.8. The van der Waals surface area contributed by atoms with Gasteiger partial charge >= 0.3 is 6.09 Å². The summed E-state index contributed by atoms with van der Waals surface area (Å²) >= 11 is 0. The van der Waals surface area contributed by atoms with Crippen LogP contribution >= 0.6 is 0 Å². The molecule has 0 aromatic rings. The second kappa shape index (κ2) is 10.3. The second-order valence-corrected chi connectivity index (χ2v) is 8.70. The van der Waals surface area contributed by atoms with Crippen molar-refractivity contribution in [1.82, 2.24) is 15.1 Å². The predicted octanol–water partition coefficient (Wildman–Crippen LogP) is 3.40. The van der Waals surface area contributed by atoms with E-state index in [9.17, 15) is 9.59 Å². The molecule has 6 heteroatoms. The molecular formula is C21H39N3O3. The fourth-order valence-electron chi connectivity index (χ4n) is 4.49. The third kappa shape index (κ3) is 6.66. The molecule has 2 fully saturated rings. The van der Waals surface area contributed by atoms with Gasteiger partial charge in [-0.2, -0.15) is 0 Å². The van der Waals surface area contributed by atoms with E-state index in [1.807, 2.05) is 11.8 Å². The highest BCUT2D eigenvalue weighted by atomic mass is 16.6. The smallest absolute Gasteiger partial charge is 0.409 e. The largest absolute Gasteiger partial charge is 0.450 e. The van der Waals surface area contributed by atoms with Crippen molar-refractivity contribution in [3.05, 3.63) is 0 Å². The van der Waals surface area contributed by atoms with E-state index in [2.05, 4.69) is 31.0 Å². The zero-order chi connectivity index (χ0) is 19.9. The van der Waals surface area contributed by atoms with Crippen LogP contribution in [-0.4, -0.2) is 66.2 Å². The lowest BCUT2D eigenvalue weighted by Crippen LogP contribution is -2.49. The number of hydrogen-bond donors (Lipinski definition) is 1. The number of piperidine rings is 1. The molecule has 2 aliphatic heterocycles. The number of ether oxygens (including phenoxy) is 1. The third-order valence-electron chi connectivity index (χ3n) is 5.98. The van der Waals surface area contributed by atoms with Crippen molar-refractivity contribution in [2.75, 3.05) is 32.8 Å². The lowest BCUT2D eigenvalue weighted by molar-refractivity contribution is -0.128. The summed E-state index contributed by atoms with van der Waals surface area (Å²) in [5.74, 6) is 0.363. The molecule has 0 aromatic heterocycles. The Morgan fingerprint density at radius 1 is 1.04 bits per heavy atom. The summed E-state index contributed by atoms with van der Waals surface area (Å²) < 4.78 is 5.14. The first-order chi connectivity index (χ1) is 12.9. The first-order valence-electron chi connectivity index (χ1n) is 10.8. The monoisotopic (exact) mass is 381 g/mol. The Labute approximate surface area is 165 Å². The van der Waals surface area contributed by atoms with Crippen molar-refractivity contribution in [3.8, 4) is 0 Å². The standard InChI is InChI=1S/C21H39N3O3/c1-5-12-21(3,4)22-19(25)17-9-14-23(15-10-17)18-8-7-13-24(16-11-18)20(26)27-6-2/h17-18H,5-16H2,1-4H3,(H,22,25). The number of nitrogens with zero attached hydrogens (tertiary/aromatic N) is 2. The van der Waals surface area contributed by atoms with Gasteiger partial charge in [-0.3, -0.25) is 4.79 Å². The van der Waals surface area contributed by atoms with Crippen LogP contribution in [0.1, 0.15) is 72.6 Å². The van der Waals surface area contributed by atoms with Crippen molar-refractivity contribution in [3.63, 3.8) is 0 Å². The molecule has 1 N–H and O–H groups in total. The van der Waals surface area contributed by atoms with E-state index in [-0.39, 0.29) is 23.5 Å². The van der Waals surface area contributed by atoms with E-state index < -0.39 is 0 Å². The Morgan fingerprint density at radius 2 is 1.74 bits per heavy atom. The van der Waals surface area contributed by atoms with Crippen LogP contribution in [0.2, 0.25) is 0 Å². The van der Waals surface area contributed by atoms with E-state index in [0.717, 1.165) is 71.1 Å².